The summed E-state index contributed by atoms with van der Waals surface area (Å²) in [5.74, 6) is -0.898. The number of hydrogen-bond donors (Lipinski definition) is 0. The highest BCUT2D eigenvalue weighted by atomic mass is 19.4. The third-order valence-corrected chi connectivity index (χ3v) is 3.38. The summed E-state index contributed by atoms with van der Waals surface area (Å²) >= 11 is 0. The molecule has 5 nitrogen and oxygen atoms in total. The summed E-state index contributed by atoms with van der Waals surface area (Å²) in [7, 11) is 0. The quantitative estimate of drug-likeness (QED) is 0.787. The predicted octanol–water partition coefficient (Wildman–Crippen LogP) is 2.61. The van der Waals surface area contributed by atoms with Gasteiger partial charge in [-0.25, -0.2) is 4.68 Å². The monoisotopic (exact) mass is 339 g/mol. The summed E-state index contributed by atoms with van der Waals surface area (Å²) in [5.41, 5.74) is -0.575. The Hall–Kier alpha value is -2.64. The maximum atomic E-state index is 12.7. The molecule has 0 aliphatic heterocycles. The van der Waals surface area contributed by atoms with Gasteiger partial charge in [0, 0.05) is 18.5 Å². The van der Waals surface area contributed by atoms with Crippen molar-refractivity contribution in [1.82, 2.24) is 14.7 Å². The first-order valence-electron chi connectivity index (χ1n) is 7.25. The summed E-state index contributed by atoms with van der Waals surface area (Å²) in [6, 6.07) is 6.23. The highest BCUT2D eigenvalue weighted by Gasteiger charge is 2.34. The van der Waals surface area contributed by atoms with Gasteiger partial charge in [0.15, 0.2) is 5.69 Å². The van der Waals surface area contributed by atoms with Crippen molar-refractivity contribution >= 4 is 16.7 Å². The van der Waals surface area contributed by atoms with Crippen LogP contribution in [0.1, 0.15) is 17.4 Å². The number of aromatic nitrogens is 2. The second-order valence-electron chi connectivity index (χ2n) is 5.10. The second-order valence-corrected chi connectivity index (χ2v) is 5.10. The van der Waals surface area contributed by atoms with Gasteiger partial charge in [-0.05, 0) is 13.0 Å². The van der Waals surface area contributed by atoms with Gasteiger partial charge in [0.05, 0.1) is 5.39 Å². The summed E-state index contributed by atoms with van der Waals surface area (Å²) in [5, 5.41) is 4.43. The molecule has 24 heavy (non-hydrogen) atoms. The Bertz CT molecular complexity index is 827. The van der Waals surface area contributed by atoms with Crippen LogP contribution in [0.2, 0.25) is 0 Å². The lowest BCUT2D eigenvalue weighted by Gasteiger charge is -2.23. The van der Waals surface area contributed by atoms with E-state index in [1.165, 1.54) is 18.2 Å². The molecular formula is C16H16F3N3O2. The molecule has 0 unspecified atom stereocenters. The summed E-state index contributed by atoms with van der Waals surface area (Å²) in [6.07, 6.45) is -3.34. The molecule has 1 heterocycles. The smallest absolute Gasteiger partial charge is 0.324 e. The zero-order chi connectivity index (χ0) is 17.9. The van der Waals surface area contributed by atoms with Crippen molar-refractivity contribution in [2.24, 2.45) is 0 Å². The van der Waals surface area contributed by atoms with Crippen LogP contribution < -0.4 is 5.56 Å². The zero-order valence-electron chi connectivity index (χ0n) is 13.0. The van der Waals surface area contributed by atoms with Crippen LogP contribution in [0, 0.1) is 0 Å². The van der Waals surface area contributed by atoms with Gasteiger partial charge in [-0.15, -0.1) is 6.58 Å². The number of amides is 1. The molecule has 0 saturated heterocycles. The van der Waals surface area contributed by atoms with Gasteiger partial charge < -0.3 is 4.90 Å². The molecular weight excluding hydrogens is 323 g/mol. The van der Waals surface area contributed by atoms with Crippen LogP contribution in [0.15, 0.2) is 41.7 Å². The number of hydrogen-bond acceptors (Lipinski definition) is 3. The Labute approximate surface area is 136 Å². The maximum Gasteiger partial charge on any atom is 0.406 e. The van der Waals surface area contributed by atoms with E-state index in [9.17, 15) is 22.8 Å². The third kappa shape index (κ3) is 3.64. The van der Waals surface area contributed by atoms with Crippen molar-refractivity contribution in [3.63, 3.8) is 0 Å². The largest absolute Gasteiger partial charge is 0.406 e. The van der Waals surface area contributed by atoms with Crippen LogP contribution in [0.3, 0.4) is 0 Å². The van der Waals surface area contributed by atoms with Crippen LogP contribution in [0.25, 0.3) is 10.8 Å². The minimum atomic E-state index is -4.55. The van der Waals surface area contributed by atoms with Crippen molar-refractivity contribution in [1.29, 1.82) is 0 Å². The number of halogens is 3. The Morgan fingerprint density at radius 3 is 2.50 bits per heavy atom. The number of carbonyl (C=O) groups is 1. The van der Waals surface area contributed by atoms with Gasteiger partial charge in [0.2, 0.25) is 0 Å². The highest BCUT2D eigenvalue weighted by Crippen LogP contribution is 2.20. The van der Waals surface area contributed by atoms with E-state index in [2.05, 4.69) is 11.7 Å². The SMILES string of the molecule is C=CCN(CC(F)(F)F)C(=O)c1nn(CC)c(=O)c2ccccc12. The van der Waals surface area contributed by atoms with Crippen LogP contribution in [0.5, 0.6) is 0 Å². The molecule has 0 saturated carbocycles. The topological polar surface area (TPSA) is 55.2 Å². The molecule has 0 fully saturated rings. The lowest BCUT2D eigenvalue weighted by Crippen LogP contribution is -2.40. The van der Waals surface area contributed by atoms with Crippen LogP contribution in [-0.4, -0.2) is 39.9 Å². The minimum Gasteiger partial charge on any atom is -0.324 e. The zero-order valence-corrected chi connectivity index (χ0v) is 13.0. The van der Waals surface area contributed by atoms with Crippen LogP contribution >= 0.6 is 0 Å². The van der Waals surface area contributed by atoms with Gasteiger partial charge in [0.1, 0.15) is 6.54 Å². The van der Waals surface area contributed by atoms with Crippen LogP contribution in [-0.2, 0) is 6.54 Å². The van der Waals surface area contributed by atoms with Gasteiger partial charge in [-0.1, -0.05) is 24.3 Å². The number of alkyl halides is 3. The highest BCUT2D eigenvalue weighted by molar-refractivity contribution is 6.04. The van der Waals surface area contributed by atoms with Crippen LogP contribution in [0.4, 0.5) is 13.2 Å². The van der Waals surface area contributed by atoms with Gasteiger partial charge >= 0.3 is 6.18 Å². The molecule has 1 amide bonds. The first-order valence-corrected chi connectivity index (χ1v) is 7.25. The number of benzene rings is 1. The second kappa shape index (κ2) is 6.86. The molecule has 1 aromatic heterocycles. The molecule has 0 aliphatic carbocycles. The number of rotatable bonds is 5. The first kappa shape index (κ1) is 17.7. The lowest BCUT2D eigenvalue weighted by molar-refractivity contribution is -0.139. The molecule has 128 valence electrons. The van der Waals surface area contributed by atoms with E-state index in [0.29, 0.717) is 4.90 Å². The molecule has 2 rings (SSSR count). The average Bonchev–Trinajstić information content (AvgIpc) is 2.53. The van der Waals surface area contributed by atoms with Crippen molar-refractivity contribution in [2.75, 3.05) is 13.1 Å². The fourth-order valence-corrected chi connectivity index (χ4v) is 2.35. The Morgan fingerprint density at radius 1 is 1.33 bits per heavy atom. The van der Waals surface area contributed by atoms with E-state index < -0.39 is 24.2 Å². The Balaban J connectivity index is 2.61. The van der Waals surface area contributed by atoms with E-state index in [-0.39, 0.29) is 29.6 Å². The van der Waals surface area contributed by atoms with E-state index in [1.54, 1.807) is 19.1 Å². The Kier molecular flexibility index (Phi) is 5.06. The fraction of sp³-hybridized carbons (Fsp3) is 0.312. The molecule has 0 aliphatic rings. The molecule has 0 spiro atoms. The molecule has 0 bridgehead atoms. The van der Waals surface area contributed by atoms with E-state index in [1.807, 2.05) is 0 Å². The number of aryl methyl sites for hydroxylation is 1. The average molecular weight is 339 g/mol. The van der Waals surface area contributed by atoms with Crippen molar-refractivity contribution in [2.45, 2.75) is 19.6 Å². The third-order valence-electron chi connectivity index (χ3n) is 3.38. The standard InChI is InChI=1S/C16H16F3N3O2/c1-3-9-21(10-16(17,18)19)15(24)13-11-7-5-6-8-12(11)14(23)22(4-2)20-13/h3,5-8H,1,4,9-10H2,2H3. The molecule has 1 aromatic carbocycles. The maximum absolute atomic E-state index is 12.7. The van der Waals surface area contributed by atoms with Gasteiger partial charge in [0.25, 0.3) is 11.5 Å². The molecule has 0 radical (unpaired) electrons. The van der Waals surface area contributed by atoms with E-state index in [4.69, 9.17) is 0 Å². The Morgan fingerprint density at radius 2 is 1.96 bits per heavy atom. The van der Waals surface area contributed by atoms with Crippen molar-refractivity contribution in [3.8, 4) is 0 Å². The number of nitrogens with zero attached hydrogens (tertiary/aromatic N) is 3. The predicted molar refractivity (Wildman–Crippen MR) is 83.8 cm³/mol. The molecule has 0 N–H and O–H groups in total. The van der Waals surface area contributed by atoms with E-state index in [0.717, 1.165) is 4.68 Å². The molecule has 2 aromatic rings. The lowest BCUT2D eigenvalue weighted by atomic mass is 10.1. The molecule has 0 atom stereocenters. The fourth-order valence-electron chi connectivity index (χ4n) is 2.35. The summed E-state index contributed by atoms with van der Waals surface area (Å²) < 4.78 is 39.2. The molecule has 8 heteroatoms. The summed E-state index contributed by atoms with van der Waals surface area (Å²) in [4.78, 5) is 25.4. The van der Waals surface area contributed by atoms with Crippen molar-refractivity contribution < 1.29 is 18.0 Å². The van der Waals surface area contributed by atoms with Gasteiger partial charge in [-0.3, -0.25) is 9.59 Å². The number of carbonyl (C=O) groups excluding carboxylic acids is 1. The number of fused-ring (bicyclic) bond motifs is 1. The van der Waals surface area contributed by atoms with Gasteiger partial charge in [-0.2, -0.15) is 18.3 Å². The first-order chi connectivity index (χ1) is 11.3. The van der Waals surface area contributed by atoms with E-state index >= 15 is 0 Å². The van der Waals surface area contributed by atoms with Crippen molar-refractivity contribution in [3.05, 3.63) is 53.0 Å². The summed E-state index contributed by atoms with van der Waals surface area (Å²) in [6.45, 7) is 3.54. The minimum absolute atomic E-state index is 0.182. The normalized spacial score (nSPS) is 11.5.